The zero-order valence-electron chi connectivity index (χ0n) is 30.3. The third-order valence-electron chi connectivity index (χ3n) is 9.68. The van der Waals surface area contributed by atoms with E-state index in [0.29, 0.717) is 10.7 Å². The lowest BCUT2D eigenvalue weighted by Gasteiger charge is -2.23. The summed E-state index contributed by atoms with van der Waals surface area (Å²) in [5.41, 5.74) is -5.04. The largest absolute Gasteiger partial charge is 0.435 e. The highest BCUT2D eigenvalue weighted by Gasteiger charge is 2.68. The number of anilines is 1. The van der Waals surface area contributed by atoms with Gasteiger partial charge < -0.3 is 10.4 Å². The number of aromatic nitrogens is 5. The van der Waals surface area contributed by atoms with E-state index in [-0.39, 0.29) is 56.2 Å². The van der Waals surface area contributed by atoms with Gasteiger partial charge in [0.1, 0.15) is 36.2 Å². The number of hydrogen-bond acceptors (Lipinski definition) is 7. The number of benzene rings is 2. The summed E-state index contributed by atoms with van der Waals surface area (Å²) in [5, 5.41) is 20.6. The van der Waals surface area contributed by atoms with Crippen molar-refractivity contribution < 1.29 is 53.4 Å². The Morgan fingerprint density at radius 1 is 1.10 bits per heavy atom. The molecule has 2 aromatic carbocycles. The molecule has 2 aliphatic carbocycles. The van der Waals surface area contributed by atoms with Crippen LogP contribution in [0.5, 0.6) is 0 Å². The molecule has 11 nitrogen and oxygen atoms in total. The van der Waals surface area contributed by atoms with Crippen molar-refractivity contribution in [2.75, 3.05) is 17.7 Å². The fraction of sp³-hybridized carbons (Fsp3) is 0.351. The number of pyridine rings is 1. The van der Waals surface area contributed by atoms with Crippen LogP contribution in [0.2, 0.25) is 5.02 Å². The van der Waals surface area contributed by atoms with Gasteiger partial charge in [0.05, 0.1) is 33.9 Å². The molecule has 1 saturated carbocycles. The second kappa shape index (κ2) is 14.2. The fourth-order valence-electron chi connectivity index (χ4n) is 7.26. The maximum absolute atomic E-state index is 15.4. The Bertz CT molecular complexity index is 2670. The number of alkyl halides is 6. The van der Waals surface area contributed by atoms with Crippen molar-refractivity contribution in [3.8, 4) is 23.0 Å². The highest BCUT2D eigenvalue weighted by molar-refractivity contribution is 7.92. The van der Waals surface area contributed by atoms with Crippen molar-refractivity contribution in [3.05, 3.63) is 93.0 Å². The third-order valence-corrected chi connectivity index (χ3v) is 10.6. The Morgan fingerprint density at radius 2 is 1.78 bits per heavy atom. The number of nitrogens with zero attached hydrogens (tertiary/aromatic N) is 5. The summed E-state index contributed by atoms with van der Waals surface area (Å²) in [6.07, 6.45) is -4.86. The van der Waals surface area contributed by atoms with Crippen molar-refractivity contribution >= 4 is 44.3 Å². The molecule has 1 amide bonds. The topological polar surface area (TPSA) is 144 Å². The van der Waals surface area contributed by atoms with Crippen LogP contribution >= 0.6 is 11.6 Å². The molecule has 0 radical (unpaired) electrons. The molecule has 3 aromatic heterocycles. The molecule has 5 aromatic rings. The molecular weight excluding hydrogens is 826 g/mol. The summed E-state index contributed by atoms with van der Waals surface area (Å²) in [4.78, 5) is 18.5. The van der Waals surface area contributed by atoms with Crippen LogP contribution < -0.4 is 10.0 Å². The van der Waals surface area contributed by atoms with Gasteiger partial charge in [-0.1, -0.05) is 23.6 Å². The van der Waals surface area contributed by atoms with Gasteiger partial charge in [0.2, 0.25) is 15.9 Å². The molecule has 58 heavy (non-hydrogen) atoms. The predicted molar refractivity (Wildman–Crippen MR) is 194 cm³/mol. The minimum atomic E-state index is -5.11. The summed E-state index contributed by atoms with van der Waals surface area (Å²) in [6, 6.07) is 6.69. The molecule has 0 spiro atoms. The lowest BCUT2D eigenvalue weighted by Crippen LogP contribution is -2.35. The van der Waals surface area contributed by atoms with Gasteiger partial charge in [-0.15, -0.1) is 0 Å². The van der Waals surface area contributed by atoms with Gasteiger partial charge in [-0.25, -0.2) is 26.6 Å². The number of aliphatic hydroxyl groups is 1. The first-order chi connectivity index (χ1) is 27.0. The molecule has 2 aliphatic rings. The van der Waals surface area contributed by atoms with Gasteiger partial charge in [-0.3, -0.25) is 18.9 Å². The molecule has 0 saturated heterocycles. The number of fused-ring (bicyclic) bond motifs is 4. The Balaban J connectivity index is 1.40. The van der Waals surface area contributed by atoms with Crippen LogP contribution in [0.3, 0.4) is 0 Å². The Hall–Kier alpha value is -5.26. The lowest BCUT2D eigenvalue weighted by atomic mass is 9.93. The predicted octanol–water partition coefficient (Wildman–Crippen LogP) is 6.53. The highest BCUT2D eigenvalue weighted by Crippen LogP contribution is 2.68. The molecule has 1 fully saturated rings. The van der Waals surface area contributed by atoms with Gasteiger partial charge in [0.25, 0.3) is 5.92 Å². The second-order valence-electron chi connectivity index (χ2n) is 14.4. The Labute approximate surface area is 329 Å². The molecule has 7 rings (SSSR count). The van der Waals surface area contributed by atoms with Gasteiger partial charge >= 0.3 is 6.18 Å². The van der Waals surface area contributed by atoms with Gasteiger partial charge in [-0.2, -0.15) is 32.1 Å². The van der Waals surface area contributed by atoms with Gasteiger partial charge in [0, 0.05) is 35.7 Å². The second-order valence-corrected chi connectivity index (χ2v) is 16.5. The minimum Gasteiger partial charge on any atom is -0.375 e. The van der Waals surface area contributed by atoms with E-state index in [0.717, 1.165) is 25.3 Å². The molecule has 0 unspecified atom stereocenters. The van der Waals surface area contributed by atoms with Crippen LogP contribution in [-0.4, -0.2) is 62.5 Å². The number of rotatable bonds is 10. The Kier molecular flexibility index (Phi) is 10.0. The summed E-state index contributed by atoms with van der Waals surface area (Å²) < 4.78 is 144. The maximum atomic E-state index is 15.4. The van der Waals surface area contributed by atoms with Crippen LogP contribution in [0, 0.1) is 29.4 Å². The van der Waals surface area contributed by atoms with E-state index in [4.69, 9.17) is 11.6 Å². The zero-order valence-corrected chi connectivity index (χ0v) is 31.9. The van der Waals surface area contributed by atoms with Crippen molar-refractivity contribution in [2.24, 2.45) is 13.0 Å². The molecule has 4 atom stereocenters. The fourth-order valence-corrected chi connectivity index (χ4v) is 8.00. The van der Waals surface area contributed by atoms with Gasteiger partial charge in [-0.05, 0) is 67.5 Å². The quantitative estimate of drug-likeness (QED) is 0.107. The standard InChI is InChI=1S/C37H30ClF8N7O4S/c1-35(55,16-39)9-8-20-4-5-21(22-6-7-25(38)29-31(22)52(2)50-34(29)51-58(3,56)57)30(47-20)26(12-17-10-18(40)13-19(41)11-17)48-27(54)15-53-33-28(32(49-53)37(44,45)46)23-14-24(23)36(33,42)43/h4-7,10-11,13,23-24,26,55H,12,14-16H2,1-3H3,(H,48,54)(H,50,51)/t23-,24+,26-,35+/m0/s1. The van der Waals surface area contributed by atoms with E-state index in [1.54, 1.807) is 0 Å². The van der Waals surface area contributed by atoms with E-state index >= 15 is 8.78 Å². The first-order valence-electron chi connectivity index (χ1n) is 17.2. The molecular formula is C37H30ClF8N7O4S. The molecule has 3 heterocycles. The maximum Gasteiger partial charge on any atom is 0.435 e. The number of sulfonamides is 1. The molecule has 3 N–H and O–H groups in total. The SMILES string of the molecule is Cn1nc(NS(C)(=O)=O)c2c(Cl)ccc(-c3ccc(C#C[C@@](C)(O)CF)nc3[C@H](Cc3cc(F)cc(F)c3)NC(=O)Cn3nc(C(F)(F)F)c4c3C(F)(F)[C@@H]3C[C@H]43)c21. The molecule has 0 bridgehead atoms. The van der Waals surface area contributed by atoms with Crippen molar-refractivity contribution in [1.29, 1.82) is 0 Å². The van der Waals surface area contributed by atoms with E-state index in [9.17, 15) is 44.7 Å². The highest BCUT2D eigenvalue weighted by atomic mass is 35.5. The first kappa shape index (κ1) is 40.9. The van der Waals surface area contributed by atoms with Crippen LogP contribution in [0.1, 0.15) is 59.2 Å². The lowest BCUT2D eigenvalue weighted by molar-refractivity contribution is -0.142. The number of amides is 1. The summed E-state index contributed by atoms with van der Waals surface area (Å²) in [6.45, 7) is -1.31. The zero-order chi connectivity index (χ0) is 42.3. The number of carbonyl (C=O) groups is 1. The first-order valence-corrected chi connectivity index (χ1v) is 19.5. The number of halogens is 9. The monoisotopic (exact) mass is 855 g/mol. The van der Waals surface area contributed by atoms with E-state index in [2.05, 4.69) is 37.1 Å². The van der Waals surface area contributed by atoms with Crippen LogP contribution in [0.15, 0.2) is 42.5 Å². The normalized spacial score (nSPS) is 18.5. The number of aryl methyl sites for hydroxylation is 1. The van der Waals surface area contributed by atoms with Crippen LogP contribution in [-0.2, 0) is 46.9 Å². The molecule has 21 heteroatoms. The third kappa shape index (κ3) is 7.82. The van der Waals surface area contributed by atoms with E-state index in [1.165, 1.54) is 36.0 Å². The summed E-state index contributed by atoms with van der Waals surface area (Å²) >= 11 is 6.54. The minimum absolute atomic E-state index is 0.0558. The van der Waals surface area contributed by atoms with Crippen LogP contribution in [0.25, 0.3) is 22.0 Å². The molecule has 306 valence electrons. The number of hydrogen-bond donors (Lipinski definition) is 3. The average molecular weight is 856 g/mol. The van der Waals surface area contributed by atoms with Crippen molar-refractivity contribution in [3.63, 3.8) is 0 Å². The molecule has 0 aliphatic heterocycles. The summed E-state index contributed by atoms with van der Waals surface area (Å²) in [7, 11) is -2.42. The number of carbonyl (C=O) groups excluding carboxylic acids is 1. The van der Waals surface area contributed by atoms with Crippen molar-refractivity contribution in [1.82, 2.24) is 29.9 Å². The average Bonchev–Trinajstić information content (AvgIpc) is 3.65. The van der Waals surface area contributed by atoms with Crippen LogP contribution in [0.4, 0.5) is 40.9 Å². The van der Waals surface area contributed by atoms with Crippen molar-refractivity contribution in [2.45, 2.75) is 56.0 Å². The Morgan fingerprint density at radius 3 is 2.41 bits per heavy atom. The smallest absolute Gasteiger partial charge is 0.375 e. The van der Waals surface area contributed by atoms with E-state index < -0.39 is 99.7 Å². The van der Waals surface area contributed by atoms with Gasteiger partial charge in [0.15, 0.2) is 17.1 Å². The summed E-state index contributed by atoms with van der Waals surface area (Å²) in [5.74, 6) is -4.64. The van der Waals surface area contributed by atoms with E-state index in [1.807, 2.05) is 0 Å². The number of nitrogens with one attached hydrogen (secondary N) is 2.